The fourth-order valence-electron chi connectivity index (χ4n) is 1.95. The van der Waals surface area contributed by atoms with Crippen LogP contribution in [-0.4, -0.2) is 20.0 Å². The topological polar surface area (TPSA) is 61.5 Å². The lowest BCUT2D eigenvalue weighted by Gasteiger charge is -2.13. The van der Waals surface area contributed by atoms with Crippen molar-refractivity contribution in [1.29, 1.82) is 0 Å². The Balaban J connectivity index is 2.59. The first kappa shape index (κ1) is 15.3. The van der Waals surface area contributed by atoms with Gasteiger partial charge in [-0.1, -0.05) is 6.07 Å². The maximum atomic E-state index is 13.5. The Labute approximate surface area is 129 Å². The number of ether oxygens (including phenoxy) is 2. The first-order chi connectivity index (χ1) is 10.0. The Morgan fingerprint density at radius 2 is 1.86 bits per heavy atom. The second kappa shape index (κ2) is 6.13. The average Bonchev–Trinajstić information content (AvgIpc) is 2.49. The third-order valence-electron chi connectivity index (χ3n) is 3.03. The molecule has 0 saturated heterocycles. The highest BCUT2D eigenvalue weighted by molar-refractivity contribution is 9.10. The zero-order valence-electron chi connectivity index (χ0n) is 11.4. The second-order valence-electron chi connectivity index (χ2n) is 4.19. The Morgan fingerprint density at radius 3 is 2.48 bits per heavy atom. The number of nitrogen functional groups attached to an aromatic ring is 1. The molecule has 0 aliphatic carbocycles. The molecular weight excluding hydrogens is 341 g/mol. The van der Waals surface area contributed by atoms with Gasteiger partial charge in [-0.25, -0.2) is 4.39 Å². The van der Waals surface area contributed by atoms with Gasteiger partial charge in [-0.2, -0.15) is 0 Å². The van der Waals surface area contributed by atoms with Crippen LogP contribution in [0.3, 0.4) is 0 Å². The van der Waals surface area contributed by atoms with Gasteiger partial charge in [0.15, 0.2) is 5.78 Å². The van der Waals surface area contributed by atoms with E-state index in [1.807, 2.05) is 0 Å². The van der Waals surface area contributed by atoms with Crippen molar-refractivity contribution >= 4 is 27.4 Å². The van der Waals surface area contributed by atoms with Crippen LogP contribution < -0.4 is 15.2 Å². The third-order valence-corrected chi connectivity index (χ3v) is 3.78. The predicted molar refractivity (Wildman–Crippen MR) is 81.5 cm³/mol. The smallest absolute Gasteiger partial charge is 0.198 e. The Bertz CT molecular complexity index is 704. The number of carbonyl (C=O) groups excluding carboxylic acids is 1. The molecule has 0 aliphatic rings. The number of anilines is 1. The van der Waals surface area contributed by atoms with Crippen molar-refractivity contribution in [2.45, 2.75) is 0 Å². The largest absolute Gasteiger partial charge is 0.495 e. The van der Waals surface area contributed by atoms with Crippen molar-refractivity contribution < 1.29 is 18.7 Å². The van der Waals surface area contributed by atoms with E-state index in [-0.39, 0.29) is 16.8 Å². The monoisotopic (exact) mass is 353 g/mol. The summed E-state index contributed by atoms with van der Waals surface area (Å²) in [6.07, 6.45) is 0. The molecular formula is C15H13BrFNO3. The van der Waals surface area contributed by atoms with Crippen LogP contribution in [0.4, 0.5) is 10.1 Å². The highest BCUT2D eigenvalue weighted by atomic mass is 79.9. The number of hydrogen-bond acceptors (Lipinski definition) is 4. The zero-order chi connectivity index (χ0) is 15.6. The molecule has 2 aromatic carbocycles. The molecule has 0 unspecified atom stereocenters. The highest BCUT2D eigenvalue weighted by Crippen LogP contribution is 2.38. The zero-order valence-corrected chi connectivity index (χ0v) is 13.0. The Kier molecular flexibility index (Phi) is 4.47. The molecule has 0 heterocycles. The molecule has 0 spiro atoms. The summed E-state index contributed by atoms with van der Waals surface area (Å²) >= 11 is 3.32. The van der Waals surface area contributed by atoms with Crippen LogP contribution in [0.15, 0.2) is 34.8 Å². The van der Waals surface area contributed by atoms with Gasteiger partial charge in [0.1, 0.15) is 21.8 Å². The van der Waals surface area contributed by atoms with Crippen molar-refractivity contribution in [1.82, 2.24) is 0 Å². The van der Waals surface area contributed by atoms with E-state index in [4.69, 9.17) is 15.2 Å². The van der Waals surface area contributed by atoms with Crippen molar-refractivity contribution in [2.24, 2.45) is 0 Å². The first-order valence-corrected chi connectivity index (χ1v) is 6.79. The summed E-state index contributed by atoms with van der Waals surface area (Å²) in [6, 6.07) is 7.28. The summed E-state index contributed by atoms with van der Waals surface area (Å²) in [6.45, 7) is 0. The van der Waals surface area contributed by atoms with Crippen LogP contribution in [0, 0.1) is 5.82 Å². The second-order valence-corrected chi connectivity index (χ2v) is 4.99. The van der Waals surface area contributed by atoms with E-state index in [1.54, 1.807) is 12.1 Å². The number of halogens is 2. The number of nitrogens with two attached hydrogens (primary N) is 1. The number of rotatable bonds is 4. The molecule has 0 saturated carbocycles. The van der Waals surface area contributed by atoms with Gasteiger partial charge in [0, 0.05) is 5.56 Å². The van der Waals surface area contributed by atoms with Gasteiger partial charge in [-0.05, 0) is 40.2 Å². The number of methoxy groups -OCH3 is 2. The summed E-state index contributed by atoms with van der Waals surface area (Å²) < 4.78 is 24.4. The minimum atomic E-state index is -0.632. The standard InChI is InChI=1S/C15H13BrFNO3/c1-20-11-7-6-9(15(21-2)12(11)16)14(19)8-4-3-5-10(17)13(8)18/h3-7H,18H2,1-2H3. The number of benzene rings is 2. The molecule has 0 atom stereocenters. The van der Waals surface area contributed by atoms with E-state index in [1.165, 1.54) is 32.4 Å². The Hall–Kier alpha value is -2.08. The first-order valence-electron chi connectivity index (χ1n) is 6.00. The summed E-state index contributed by atoms with van der Waals surface area (Å²) in [5, 5.41) is 0. The molecule has 0 radical (unpaired) electrons. The summed E-state index contributed by atoms with van der Waals surface area (Å²) in [5.74, 6) is -0.224. The van der Waals surface area contributed by atoms with Crippen LogP contribution in [0.5, 0.6) is 11.5 Å². The predicted octanol–water partition coefficient (Wildman–Crippen LogP) is 3.42. The Morgan fingerprint density at radius 1 is 1.14 bits per heavy atom. The third kappa shape index (κ3) is 2.71. The average molecular weight is 354 g/mol. The number of carbonyl (C=O) groups is 1. The van der Waals surface area contributed by atoms with Gasteiger partial charge >= 0.3 is 0 Å². The minimum Gasteiger partial charge on any atom is -0.495 e. The molecule has 2 rings (SSSR count). The van der Waals surface area contributed by atoms with Crippen molar-refractivity contribution in [3.63, 3.8) is 0 Å². The molecule has 0 fully saturated rings. The molecule has 0 amide bonds. The van der Waals surface area contributed by atoms with E-state index in [9.17, 15) is 9.18 Å². The molecule has 4 nitrogen and oxygen atoms in total. The van der Waals surface area contributed by atoms with E-state index in [2.05, 4.69) is 15.9 Å². The van der Waals surface area contributed by atoms with Crippen LogP contribution in [0.1, 0.15) is 15.9 Å². The highest BCUT2D eigenvalue weighted by Gasteiger charge is 2.21. The maximum Gasteiger partial charge on any atom is 0.198 e. The summed E-state index contributed by atoms with van der Waals surface area (Å²) in [5.41, 5.74) is 5.80. The van der Waals surface area contributed by atoms with E-state index < -0.39 is 11.6 Å². The van der Waals surface area contributed by atoms with Crippen molar-refractivity contribution in [3.05, 3.63) is 51.7 Å². The van der Waals surface area contributed by atoms with Gasteiger partial charge in [-0.15, -0.1) is 0 Å². The lowest BCUT2D eigenvalue weighted by atomic mass is 10.0. The van der Waals surface area contributed by atoms with Crippen LogP contribution in [0.25, 0.3) is 0 Å². The molecule has 0 aliphatic heterocycles. The molecule has 0 bridgehead atoms. The minimum absolute atomic E-state index is 0.0883. The maximum absolute atomic E-state index is 13.5. The van der Waals surface area contributed by atoms with Crippen molar-refractivity contribution in [2.75, 3.05) is 20.0 Å². The number of para-hydroxylation sites is 1. The molecule has 6 heteroatoms. The fourth-order valence-corrected chi connectivity index (χ4v) is 2.62. The molecule has 110 valence electrons. The quantitative estimate of drug-likeness (QED) is 0.675. The SMILES string of the molecule is COc1ccc(C(=O)c2cccc(F)c2N)c(OC)c1Br. The van der Waals surface area contributed by atoms with Crippen LogP contribution >= 0.6 is 15.9 Å². The van der Waals surface area contributed by atoms with E-state index in [0.29, 0.717) is 16.0 Å². The van der Waals surface area contributed by atoms with Gasteiger partial charge in [0.05, 0.1) is 25.5 Å². The normalized spacial score (nSPS) is 10.3. The van der Waals surface area contributed by atoms with Gasteiger partial charge in [-0.3, -0.25) is 4.79 Å². The van der Waals surface area contributed by atoms with Gasteiger partial charge in [0.25, 0.3) is 0 Å². The molecule has 2 N–H and O–H groups in total. The van der Waals surface area contributed by atoms with Crippen LogP contribution in [-0.2, 0) is 0 Å². The number of ketones is 1. The molecule has 0 aromatic heterocycles. The van der Waals surface area contributed by atoms with E-state index >= 15 is 0 Å². The molecule has 21 heavy (non-hydrogen) atoms. The summed E-state index contributed by atoms with van der Waals surface area (Å²) in [4.78, 5) is 12.6. The van der Waals surface area contributed by atoms with E-state index in [0.717, 1.165) is 0 Å². The van der Waals surface area contributed by atoms with Crippen LogP contribution in [0.2, 0.25) is 0 Å². The van der Waals surface area contributed by atoms with Gasteiger partial charge in [0.2, 0.25) is 0 Å². The molecule has 2 aromatic rings. The lowest BCUT2D eigenvalue weighted by molar-refractivity contribution is 0.103. The lowest BCUT2D eigenvalue weighted by Crippen LogP contribution is -2.09. The summed E-state index contributed by atoms with van der Waals surface area (Å²) in [7, 11) is 2.94. The fraction of sp³-hybridized carbons (Fsp3) is 0.133. The number of hydrogen-bond donors (Lipinski definition) is 1. The van der Waals surface area contributed by atoms with Gasteiger partial charge < -0.3 is 15.2 Å². The van der Waals surface area contributed by atoms with Crippen molar-refractivity contribution in [3.8, 4) is 11.5 Å².